The number of rotatable bonds is 5. The molecule has 0 aliphatic carbocycles. The van der Waals surface area contributed by atoms with E-state index >= 15 is 0 Å². The second-order valence-corrected chi connectivity index (χ2v) is 7.54. The highest BCUT2D eigenvalue weighted by molar-refractivity contribution is 5.94. The predicted molar refractivity (Wildman–Crippen MR) is 109 cm³/mol. The van der Waals surface area contributed by atoms with Crippen molar-refractivity contribution in [1.29, 1.82) is 0 Å². The van der Waals surface area contributed by atoms with E-state index in [0.29, 0.717) is 42.1 Å². The highest BCUT2D eigenvalue weighted by atomic mass is 19.1. The normalized spacial score (nSPS) is 14.7. The van der Waals surface area contributed by atoms with Gasteiger partial charge in [0.2, 0.25) is 5.91 Å². The second kappa shape index (κ2) is 8.48. The van der Waals surface area contributed by atoms with E-state index < -0.39 is 0 Å². The summed E-state index contributed by atoms with van der Waals surface area (Å²) in [6.07, 6.45) is 5.17. The molecule has 8 nitrogen and oxygen atoms in total. The summed E-state index contributed by atoms with van der Waals surface area (Å²) in [6, 6.07) is 8.00. The van der Waals surface area contributed by atoms with Gasteiger partial charge >= 0.3 is 0 Å². The van der Waals surface area contributed by atoms with Crippen molar-refractivity contribution < 1.29 is 14.0 Å². The molecular weight excluding hydrogens is 387 g/mol. The summed E-state index contributed by atoms with van der Waals surface area (Å²) in [5.74, 6) is 0.0452. The van der Waals surface area contributed by atoms with Crippen molar-refractivity contribution in [3.05, 3.63) is 54.1 Å². The third kappa shape index (κ3) is 4.40. The molecule has 4 rings (SSSR count). The lowest BCUT2D eigenvalue weighted by Crippen LogP contribution is -2.39. The number of anilines is 1. The van der Waals surface area contributed by atoms with E-state index in [0.717, 1.165) is 12.8 Å². The van der Waals surface area contributed by atoms with E-state index in [4.69, 9.17) is 0 Å². The predicted octanol–water partition coefficient (Wildman–Crippen LogP) is 2.83. The number of nitrogens with zero attached hydrogens (tertiary/aromatic N) is 4. The molecule has 156 valence electrons. The first-order valence-corrected chi connectivity index (χ1v) is 9.87. The number of halogens is 1. The van der Waals surface area contributed by atoms with Crippen LogP contribution in [0.2, 0.25) is 0 Å². The Labute approximate surface area is 173 Å². The van der Waals surface area contributed by atoms with Crippen LogP contribution in [0.5, 0.6) is 0 Å². The first-order valence-electron chi connectivity index (χ1n) is 9.87. The number of aromatic amines is 1. The Balaban J connectivity index is 1.27. The molecule has 9 heteroatoms. The van der Waals surface area contributed by atoms with Crippen molar-refractivity contribution in [3.63, 3.8) is 0 Å². The summed E-state index contributed by atoms with van der Waals surface area (Å²) >= 11 is 0. The van der Waals surface area contributed by atoms with Crippen LogP contribution in [-0.2, 0) is 11.8 Å². The van der Waals surface area contributed by atoms with Gasteiger partial charge in [-0.05, 0) is 30.9 Å². The van der Waals surface area contributed by atoms with Crippen LogP contribution in [0.25, 0.3) is 11.3 Å². The Bertz CT molecular complexity index is 1050. The Morgan fingerprint density at radius 3 is 2.73 bits per heavy atom. The number of hydrogen-bond donors (Lipinski definition) is 2. The summed E-state index contributed by atoms with van der Waals surface area (Å²) in [7, 11) is 1.78. The van der Waals surface area contributed by atoms with Crippen molar-refractivity contribution in [2.24, 2.45) is 13.0 Å². The lowest BCUT2D eigenvalue weighted by molar-refractivity contribution is -0.117. The Morgan fingerprint density at radius 1 is 1.27 bits per heavy atom. The SMILES string of the molecule is Cn1cc(C(=O)N2CCC(CC(=O)Nc3cc(-c4ccccc4F)[nH]n3)CC2)cn1. The van der Waals surface area contributed by atoms with Gasteiger partial charge in [0.1, 0.15) is 5.82 Å². The smallest absolute Gasteiger partial charge is 0.257 e. The maximum Gasteiger partial charge on any atom is 0.257 e. The molecule has 1 aliphatic heterocycles. The zero-order chi connectivity index (χ0) is 21.1. The fourth-order valence-electron chi connectivity index (χ4n) is 3.71. The summed E-state index contributed by atoms with van der Waals surface area (Å²) in [6.45, 7) is 1.23. The van der Waals surface area contributed by atoms with Gasteiger partial charge in [-0.1, -0.05) is 12.1 Å². The van der Waals surface area contributed by atoms with Crippen molar-refractivity contribution in [3.8, 4) is 11.3 Å². The summed E-state index contributed by atoms with van der Waals surface area (Å²) in [4.78, 5) is 26.7. The zero-order valence-corrected chi connectivity index (χ0v) is 16.6. The number of carbonyl (C=O) groups is 2. The molecule has 0 spiro atoms. The first kappa shape index (κ1) is 19.8. The minimum absolute atomic E-state index is 0.0248. The van der Waals surface area contributed by atoms with Crippen LogP contribution in [0, 0.1) is 11.7 Å². The minimum atomic E-state index is -0.355. The number of aromatic nitrogens is 4. The molecule has 0 bridgehead atoms. The highest BCUT2D eigenvalue weighted by Crippen LogP contribution is 2.24. The lowest BCUT2D eigenvalue weighted by Gasteiger charge is -2.31. The topological polar surface area (TPSA) is 95.9 Å². The quantitative estimate of drug-likeness (QED) is 0.676. The maximum absolute atomic E-state index is 13.9. The number of H-pyrrole nitrogens is 1. The van der Waals surface area contributed by atoms with Crippen LogP contribution < -0.4 is 5.32 Å². The average Bonchev–Trinajstić information content (AvgIpc) is 3.37. The average molecular weight is 410 g/mol. The van der Waals surface area contributed by atoms with Gasteiger partial charge in [0.25, 0.3) is 5.91 Å². The van der Waals surface area contributed by atoms with E-state index in [2.05, 4.69) is 20.6 Å². The third-order valence-electron chi connectivity index (χ3n) is 5.34. The van der Waals surface area contributed by atoms with E-state index in [-0.39, 0.29) is 23.5 Å². The number of piperidine rings is 1. The van der Waals surface area contributed by atoms with E-state index in [1.54, 1.807) is 53.3 Å². The molecule has 2 amide bonds. The Kier molecular flexibility index (Phi) is 5.60. The van der Waals surface area contributed by atoms with Crippen LogP contribution in [0.4, 0.5) is 10.2 Å². The fraction of sp³-hybridized carbons (Fsp3) is 0.333. The molecule has 0 unspecified atom stereocenters. The zero-order valence-electron chi connectivity index (χ0n) is 16.6. The molecule has 0 saturated carbocycles. The van der Waals surface area contributed by atoms with Gasteiger partial charge in [0.05, 0.1) is 17.5 Å². The number of likely N-dealkylation sites (tertiary alicyclic amines) is 1. The van der Waals surface area contributed by atoms with Gasteiger partial charge in [-0.3, -0.25) is 19.4 Å². The Hall–Kier alpha value is -3.49. The summed E-state index contributed by atoms with van der Waals surface area (Å²) < 4.78 is 15.5. The highest BCUT2D eigenvalue weighted by Gasteiger charge is 2.26. The van der Waals surface area contributed by atoms with Crippen LogP contribution in [0.15, 0.2) is 42.7 Å². The summed E-state index contributed by atoms with van der Waals surface area (Å²) in [5.41, 5.74) is 1.49. The third-order valence-corrected chi connectivity index (χ3v) is 5.34. The van der Waals surface area contributed by atoms with E-state index in [9.17, 15) is 14.0 Å². The van der Waals surface area contributed by atoms with Crippen LogP contribution >= 0.6 is 0 Å². The van der Waals surface area contributed by atoms with Crippen molar-refractivity contribution in [2.75, 3.05) is 18.4 Å². The van der Waals surface area contributed by atoms with Crippen LogP contribution in [0.3, 0.4) is 0 Å². The van der Waals surface area contributed by atoms with E-state index in [1.165, 1.54) is 6.07 Å². The number of hydrogen-bond acceptors (Lipinski definition) is 4. The van der Waals surface area contributed by atoms with Gasteiger partial charge in [-0.2, -0.15) is 10.2 Å². The second-order valence-electron chi connectivity index (χ2n) is 7.54. The molecule has 30 heavy (non-hydrogen) atoms. The number of amides is 2. The standard InChI is InChI=1S/C21H23FN6O2/c1-27-13-15(12-23-27)21(30)28-8-6-14(7-9-28)10-20(29)24-19-11-18(25-26-19)16-4-2-3-5-17(16)22/h2-5,11-14H,6-10H2,1H3,(H2,24,25,26,29). The van der Waals surface area contributed by atoms with Gasteiger partial charge in [0, 0.05) is 44.4 Å². The molecule has 2 N–H and O–H groups in total. The number of benzene rings is 1. The lowest BCUT2D eigenvalue weighted by atomic mass is 9.93. The van der Waals surface area contributed by atoms with Gasteiger partial charge < -0.3 is 10.2 Å². The molecular formula is C21H23FN6O2. The molecule has 1 saturated heterocycles. The van der Waals surface area contributed by atoms with Gasteiger partial charge in [-0.15, -0.1) is 0 Å². The first-order chi connectivity index (χ1) is 14.5. The Morgan fingerprint density at radius 2 is 2.03 bits per heavy atom. The number of carbonyl (C=O) groups excluding carboxylic acids is 2. The van der Waals surface area contributed by atoms with Crippen molar-refractivity contribution >= 4 is 17.6 Å². The van der Waals surface area contributed by atoms with Crippen LogP contribution in [0.1, 0.15) is 29.6 Å². The maximum atomic E-state index is 13.9. The number of aryl methyl sites for hydroxylation is 1. The van der Waals surface area contributed by atoms with Crippen molar-refractivity contribution in [1.82, 2.24) is 24.9 Å². The fourth-order valence-corrected chi connectivity index (χ4v) is 3.71. The molecule has 3 heterocycles. The molecule has 1 fully saturated rings. The largest absolute Gasteiger partial charge is 0.339 e. The minimum Gasteiger partial charge on any atom is -0.339 e. The summed E-state index contributed by atoms with van der Waals surface area (Å²) in [5, 5.41) is 13.6. The van der Waals surface area contributed by atoms with Crippen molar-refractivity contribution in [2.45, 2.75) is 19.3 Å². The molecule has 1 aromatic carbocycles. The number of nitrogens with one attached hydrogen (secondary N) is 2. The van der Waals surface area contributed by atoms with E-state index in [1.807, 2.05) is 0 Å². The van der Waals surface area contributed by atoms with Gasteiger partial charge in [0.15, 0.2) is 5.82 Å². The van der Waals surface area contributed by atoms with Gasteiger partial charge in [-0.25, -0.2) is 4.39 Å². The molecule has 3 aromatic rings. The monoisotopic (exact) mass is 410 g/mol. The molecule has 0 radical (unpaired) electrons. The molecule has 2 aromatic heterocycles. The molecule has 0 atom stereocenters. The molecule has 1 aliphatic rings. The van der Waals surface area contributed by atoms with Crippen LogP contribution in [-0.4, -0.2) is 49.8 Å².